The minimum atomic E-state index is -0.373. The standard InChI is InChI=1S/C14H18N2O3S/c1-10(17)20-8-4-3-5-11-6-7-12(19-2)9-13(11)14(18)16-15/h3,5-7,9H,4,8,15H2,1-2H3,(H,16,18). The summed E-state index contributed by atoms with van der Waals surface area (Å²) in [6.45, 7) is 1.54. The van der Waals surface area contributed by atoms with Crippen LogP contribution in [-0.2, 0) is 4.79 Å². The second kappa shape index (κ2) is 8.39. The van der Waals surface area contributed by atoms with Crippen LogP contribution in [0.25, 0.3) is 6.08 Å². The molecule has 1 rings (SSSR count). The van der Waals surface area contributed by atoms with Gasteiger partial charge in [0.25, 0.3) is 5.91 Å². The van der Waals surface area contributed by atoms with E-state index in [1.807, 2.05) is 12.2 Å². The molecule has 0 radical (unpaired) electrons. The van der Waals surface area contributed by atoms with Crippen molar-refractivity contribution in [1.29, 1.82) is 0 Å². The van der Waals surface area contributed by atoms with E-state index in [4.69, 9.17) is 10.6 Å². The van der Waals surface area contributed by atoms with Crippen LogP contribution in [0.4, 0.5) is 0 Å². The quantitative estimate of drug-likeness (QED) is 0.363. The van der Waals surface area contributed by atoms with E-state index >= 15 is 0 Å². The van der Waals surface area contributed by atoms with E-state index in [-0.39, 0.29) is 11.0 Å². The van der Waals surface area contributed by atoms with E-state index in [0.29, 0.717) is 11.3 Å². The molecule has 0 saturated heterocycles. The minimum absolute atomic E-state index is 0.103. The average Bonchev–Trinajstić information content (AvgIpc) is 2.45. The molecule has 0 atom stereocenters. The van der Waals surface area contributed by atoms with E-state index < -0.39 is 0 Å². The predicted octanol–water partition coefficient (Wildman–Crippen LogP) is 1.98. The Morgan fingerprint density at radius 1 is 1.45 bits per heavy atom. The molecular formula is C14H18N2O3S. The number of carbonyl (C=O) groups is 2. The Hall–Kier alpha value is -1.79. The van der Waals surface area contributed by atoms with Crippen LogP contribution in [0.15, 0.2) is 24.3 Å². The van der Waals surface area contributed by atoms with Crippen molar-refractivity contribution in [3.8, 4) is 5.75 Å². The number of methoxy groups -OCH3 is 1. The highest BCUT2D eigenvalue weighted by Gasteiger charge is 2.09. The number of rotatable bonds is 6. The van der Waals surface area contributed by atoms with Crippen molar-refractivity contribution in [2.75, 3.05) is 12.9 Å². The number of carbonyl (C=O) groups excluding carboxylic acids is 2. The predicted molar refractivity (Wildman–Crippen MR) is 81.4 cm³/mol. The molecule has 0 aliphatic carbocycles. The first-order chi connectivity index (χ1) is 9.58. The van der Waals surface area contributed by atoms with Gasteiger partial charge in [0.2, 0.25) is 0 Å². The van der Waals surface area contributed by atoms with Crippen molar-refractivity contribution in [3.05, 3.63) is 35.4 Å². The highest BCUT2D eigenvalue weighted by molar-refractivity contribution is 8.13. The lowest BCUT2D eigenvalue weighted by Crippen LogP contribution is -2.30. The maximum absolute atomic E-state index is 11.7. The molecule has 6 heteroatoms. The zero-order chi connectivity index (χ0) is 15.0. The molecule has 0 fully saturated rings. The molecular weight excluding hydrogens is 276 g/mol. The van der Waals surface area contributed by atoms with Crippen molar-refractivity contribution in [3.63, 3.8) is 0 Å². The third-order valence-corrected chi connectivity index (χ3v) is 3.37. The van der Waals surface area contributed by atoms with Crippen molar-refractivity contribution in [2.24, 2.45) is 5.84 Å². The SMILES string of the molecule is COc1ccc(C=CCCSC(C)=O)c(C(=O)NN)c1. The van der Waals surface area contributed by atoms with Gasteiger partial charge in [-0.2, -0.15) is 0 Å². The molecule has 1 amide bonds. The Kier molecular flexibility index (Phi) is 6.83. The number of ether oxygens (including phenoxy) is 1. The number of thioether (sulfide) groups is 1. The number of hydrazine groups is 1. The fourth-order valence-electron chi connectivity index (χ4n) is 1.56. The van der Waals surface area contributed by atoms with Crippen molar-refractivity contribution < 1.29 is 14.3 Å². The van der Waals surface area contributed by atoms with Crippen LogP contribution in [0.1, 0.15) is 29.3 Å². The Labute approximate surface area is 122 Å². The smallest absolute Gasteiger partial charge is 0.265 e. The lowest BCUT2D eigenvalue weighted by atomic mass is 10.1. The van der Waals surface area contributed by atoms with Gasteiger partial charge in [-0.25, -0.2) is 5.84 Å². The van der Waals surface area contributed by atoms with Gasteiger partial charge in [-0.3, -0.25) is 15.0 Å². The second-order valence-corrected chi connectivity index (χ2v) is 5.23. The van der Waals surface area contributed by atoms with Gasteiger partial charge in [0, 0.05) is 12.7 Å². The molecule has 0 unspecified atom stereocenters. The molecule has 5 nitrogen and oxygen atoms in total. The number of hydrogen-bond donors (Lipinski definition) is 2. The van der Waals surface area contributed by atoms with Gasteiger partial charge in [0.05, 0.1) is 12.7 Å². The molecule has 0 aliphatic heterocycles. The maximum atomic E-state index is 11.7. The number of nitrogens with two attached hydrogens (primary N) is 1. The minimum Gasteiger partial charge on any atom is -0.497 e. The molecule has 0 heterocycles. The highest BCUT2D eigenvalue weighted by atomic mass is 32.2. The number of amides is 1. The summed E-state index contributed by atoms with van der Waals surface area (Å²) < 4.78 is 5.09. The van der Waals surface area contributed by atoms with Crippen LogP contribution in [0.2, 0.25) is 0 Å². The Morgan fingerprint density at radius 3 is 2.80 bits per heavy atom. The van der Waals surface area contributed by atoms with Crippen LogP contribution in [-0.4, -0.2) is 23.9 Å². The number of nitrogens with one attached hydrogen (secondary N) is 1. The molecule has 3 N–H and O–H groups in total. The zero-order valence-corrected chi connectivity index (χ0v) is 12.3. The third-order valence-electron chi connectivity index (χ3n) is 2.52. The lowest BCUT2D eigenvalue weighted by molar-refractivity contribution is -0.109. The van der Waals surface area contributed by atoms with E-state index in [2.05, 4.69) is 5.43 Å². The Morgan fingerprint density at radius 2 is 2.20 bits per heavy atom. The Balaban J connectivity index is 2.80. The van der Waals surface area contributed by atoms with Gasteiger partial charge in [-0.15, -0.1) is 0 Å². The van der Waals surface area contributed by atoms with E-state index in [9.17, 15) is 9.59 Å². The summed E-state index contributed by atoms with van der Waals surface area (Å²) in [5.74, 6) is 6.11. The van der Waals surface area contributed by atoms with Crippen molar-refractivity contribution in [2.45, 2.75) is 13.3 Å². The number of allylic oxidation sites excluding steroid dienone is 1. The Bertz CT molecular complexity index is 515. The molecule has 1 aromatic carbocycles. The summed E-state index contributed by atoms with van der Waals surface area (Å²) in [5.41, 5.74) is 3.31. The van der Waals surface area contributed by atoms with E-state index in [0.717, 1.165) is 17.7 Å². The summed E-state index contributed by atoms with van der Waals surface area (Å²) in [7, 11) is 1.54. The average molecular weight is 294 g/mol. The molecule has 0 bridgehead atoms. The zero-order valence-electron chi connectivity index (χ0n) is 11.5. The second-order valence-electron chi connectivity index (χ2n) is 3.96. The molecule has 1 aromatic rings. The topological polar surface area (TPSA) is 81.4 Å². The normalized spacial score (nSPS) is 10.6. The van der Waals surface area contributed by atoms with Crippen LogP contribution >= 0.6 is 11.8 Å². The summed E-state index contributed by atoms with van der Waals surface area (Å²) >= 11 is 1.28. The number of benzene rings is 1. The van der Waals surface area contributed by atoms with E-state index in [1.165, 1.54) is 18.9 Å². The van der Waals surface area contributed by atoms with Gasteiger partial charge in [0.15, 0.2) is 5.12 Å². The largest absolute Gasteiger partial charge is 0.497 e. The monoisotopic (exact) mass is 294 g/mol. The first-order valence-corrected chi connectivity index (χ1v) is 7.06. The van der Waals surface area contributed by atoms with Gasteiger partial charge >= 0.3 is 0 Å². The van der Waals surface area contributed by atoms with Crippen LogP contribution in [0.5, 0.6) is 5.75 Å². The van der Waals surface area contributed by atoms with Crippen molar-refractivity contribution >= 4 is 28.9 Å². The van der Waals surface area contributed by atoms with Gasteiger partial charge in [-0.1, -0.05) is 30.0 Å². The molecule has 108 valence electrons. The number of hydrogen-bond acceptors (Lipinski definition) is 5. The fraction of sp³-hybridized carbons (Fsp3) is 0.286. The maximum Gasteiger partial charge on any atom is 0.265 e. The molecule has 0 spiro atoms. The highest BCUT2D eigenvalue weighted by Crippen LogP contribution is 2.19. The number of nitrogen functional groups attached to an aromatic ring is 1. The van der Waals surface area contributed by atoms with Gasteiger partial charge in [-0.05, 0) is 24.1 Å². The van der Waals surface area contributed by atoms with Crippen LogP contribution < -0.4 is 16.0 Å². The van der Waals surface area contributed by atoms with Gasteiger partial charge in [0.1, 0.15) is 5.75 Å². The molecule has 0 aromatic heterocycles. The van der Waals surface area contributed by atoms with Gasteiger partial charge < -0.3 is 4.74 Å². The fourth-order valence-corrected chi connectivity index (χ4v) is 2.10. The van der Waals surface area contributed by atoms with Crippen LogP contribution in [0.3, 0.4) is 0 Å². The van der Waals surface area contributed by atoms with Crippen LogP contribution in [0, 0.1) is 0 Å². The van der Waals surface area contributed by atoms with E-state index in [1.54, 1.807) is 25.1 Å². The third kappa shape index (κ3) is 5.07. The summed E-state index contributed by atoms with van der Waals surface area (Å²) in [6.07, 6.45) is 4.51. The summed E-state index contributed by atoms with van der Waals surface area (Å²) in [6, 6.07) is 5.20. The first kappa shape index (κ1) is 16.3. The molecule has 0 saturated carbocycles. The first-order valence-electron chi connectivity index (χ1n) is 6.07. The lowest BCUT2D eigenvalue weighted by Gasteiger charge is -2.07. The molecule has 20 heavy (non-hydrogen) atoms. The summed E-state index contributed by atoms with van der Waals surface area (Å²) in [5, 5.41) is 0.103. The van der Waals surface area contributed by atoms with Crippen molar-refractivity contribution in [1.82, 2.24) is 5.43 Å². The summed E-state index contributed by atoms with van der Waals surface area (Å²) in [4.78, 5) is 22.5. The molecule has 0 aliphatic rings.